The van der Waals surface area contributed by atoms with E-state index < -0.39 is 23.8 Å². The number of benzene rings is 3. The summed E-state index contributed by atoms with van der Waals surface area (Å²) in [6.07, 6.45) is -0.911. The first kappa shape index (κ1) is 29.0. The molecule has 0 saturated carbocycles. The smallest absolute Gasteiger partial charge is 0.224 e. The van der Waals surface area contributed by atoms with Crippen LogP contribution in [0.3, 0.4) is 0 Å². The number of carbonyl (C=O) groups excluding carboxylic acids is 1. The van der Waals surface area contributed by atoms with Crippen LogP contribution in [0.25, 0.3) is 0 Å². The SMILES string of the molecule is Cc1cc(O)c(C(C)C)cc1CC(=O)N[C@@H](Cc1cc(F)cc(F)c1)[C@@H](O)CNCc1cccc(I)c1. The lowest BCUT2D eigenvalue weighted by Crippen LogP contribution is -2.49. The van der Waals surface area contributed by atoms with Gasteiger partial charge in [0.05, 0.1) is 18.6 Å². The Morgan fingerprint density at radius 3 is 2.38 bits per heavy atom. The third-order valence-electron chi connectivity index (χ3n) is 6.22. The van der Waals surface area contributed by atoms with E-state index in [1.54, 1.807) is 6.07 Å². The number of nitrogens with one attached hydrogen (secondary N) is 2. The predicted molar refractivity (Wildman–Crippen MR) is 150 cm³/mol. The standard InChI is InChI=1S/C29H33F2IN2O3/c1-17(2)25-12-21(18(3)7-27(25)35)13-29(37)34-26(11-20-8-22(30)14-23(31)9-20)28(36)16-33-15-19-5-4-6-24(32)10-19/h4-10,12,14,17,26,28,33,35-36H,11,13,15-16H2,1-3H3,(H,34,37)/t26-,28-/m0/s1. The number of phenolic OH excluding ortho intramolecular Hbond substituents is 1. The van der Waals surface area contributed by atoms with Gasteiger partial charge >= 0.3 is 0 Å². The summed E-state index contributed by atoms with van der Waals surface area (Å²) in [5.74, 6) is -1.49. The molecule has 37 heavy (non-hydrogen) atoms. The Bertz CT molecular complexity index is 1220. The molecule has 0 fully saturated rings. The number of halogens is 3. The zero-order valence-electron chi connectivity index (χ0n) is 21.2. The number of phenols is 1. The molecule has 3 rings (SSSR count). The Hall–Kier alpha value is -2.56. The van der Waals surface area contributed by atoms with E-state index >= 15 is 0 Å². The van der Waals surface area contributed by atoms with Gasteiger partial charge in [-0.2, -0.15) is 0 Å². The second kappa shape index (κ2) is 13.3. The van der Waals surface area contributed by atoms with Gasteiger partial charge in [-0.15, -0.1) is 0 Å². The van der Waals surface area contributed by atoms with Gasteiger partial charge in [-0.25, -0.2) is 8.78 Å². The Balaban J connectivity index is 1.73. The van der Waals surface area contributed by atoms with Gasteiger partial charge in [0.1, 0.15) is 17.4 Å². The van der Waals surface area contributed by atoms with Crippen LogP contribution in [0.1, 0.15) is 47.6 Å². The van der Waals surface area contributed by atoms with E-state index in [0.29, 0.717) is 12.1 Å². The highest BCUT2D eigenvalue weighted by Gasteiger charge is 2.23. The summed E-state index contributed by atoms with van der Waals surface area (Å²) in [4.78, 5) is 13.0. The van der Waals surface area contributed by atoms with Crippen LogP contribution in [-0.2, 0) is 24.2 Å². The zero-order valence-corrected chi connectivity index (χ0v) is 23.4. The fraction of sp³-hybridized carbons (Fsp3) is 0.345. The molecule has 0 spiro atoms. The van der Waals surface area contributed by atoms with Crippen molar-refractivity contribution in [1.29, 1.82) is 0 Å². The number of aromatic hydroxyl groups is 1. The molecule has 1 amide bonds. The first-order valence-corrected chi connectivity index (χ1v) is 13.3. The quantitative estimate of drug-likeness (QED) is 0.224. The monoisotopic (exact) mass is 622 g/mol. The van der Waals surface area contributed by atoms with Crippen LogP contribution in [0, 0.1) is 22.1 Å². The normalized spacial score (nSPS) is 13.0. The second-order valence-corrected chi connectivity index (χ2v) is 10.9. The maximum absolute atomic E-state index is 13.8. The molecule has 0 bridgehead atoms. The minimum Gasteiger partial charge on any atom is -0.508 e. The van der Waals surface area contributed by atoms with Crippen molar-refractivity contribution in [2.24, 2.45) is 0 Å². The summed E-state index contributed by atoms with van der Waals surface area (Å²) in [5, 5.41) is 27.2. The molecule has 0 aliphatic heterocycles. The van der Waals surface area contributed by atoms with Crippen LogP contribution < -0.4 is 10.6 Å². The number of aryl methyl sites for hydroxylation is 1. The van der Waals surface area contributed by atoms with E-state index in [4.69, 9.17) is 0 Å². The van der Waals surface area contributed by atoms with E-state index in [0.717, 1.165) is 31.9 Å². The zero-order chi connectivity index (χ0) is 27.1. The highest BCUT2D eigenvalue weighted by atomic mass is 127. The number of hydrogen-bond donors (Lipinski definition) is 4. The van der Waals surface area contributed by atoms with E-state index in [1.165, 1.54) is 12.1 Å². The van der Waals surface area contributed by atoms with Gasteiger partial charge in [0.2, 0.25) is 5.91 Å². The van der Waals surface area contributed by atoms with Gasteiger partial charge < -0.3 is 20.8 Å². The fourth-order valence-corrected chi connectivity index (χ4v) is 4.87. The lowest BCUT2D eigenvalue weighted by Gasteiger charge is -2.25. The third kappa shape index (κ3) is 8.76. The molecule has 0 aliphatic rings. The van der Waals surface area contributed by atoms with Gasteiger partial charge in [0, 0.05) is 22.7 Å². The van der Waals surface area contributed by atoms with Gasteiger partial charge in [-0.05, 0) is 100 Å². The predicted octanol–water partition coefficient (Wildman–Crippen LogP) is 5.13. The molecule has 0 unspecified atom stereocenters. The molecule has 3 aromatic carbocycles. The molecule has 0 aromatic heterocycles. The minimum absolute atomic E-state index is 0.0441. The maximum atomic E-state index is 13.8. The van der Waals surface area contributed by atoms with E-state index in [9.17, 15) is 23.8 Å². The van der Waals surface area contributed by atoms with Gasteiger partial charge in [0.25, 0.3) is 0 Å². The van der Waals surface area contributed by atoms with Gasteiger partial charge in [-0.1, -0.05) is 32.0 Å². The molecule has 8 heteroatoms. The largest absolute Gasteiger partial charge is 0.508 e. The van der Waals surface area contributed by atoms with Crippen LogP contribution in [0.15, 0.2) is 54.6 Å². The number of hydrogen-bond acceptors (Lipinski definition) is 4. The Morgan fingerprint density at radius 2 is 1.73 bits per heavy atom. The first-order valence-electron chi connectivity index (χ1n) is 12.2. The van der Waals surface area contributed by atoms with Gasteiger partial charge in [-0.3, -0.25) is 4.79 Å². The van der Waals surface area contributed by atoms with Crippen molar-refractivity contribution in [2.75, 3.05) is 6.54 Å². The molecule has 5 nitrogen and oxygen atoms in total. The van der Waals surface area contributed by atoms with Crippen LogP contribution in [0.4, 0.5) is 8.78 Å². The van der Waals surface area contributed by atoms with E-state index in [1.807, 2.05) is 51.1 Å². The number of carbonyl (C=O) groups is 1. The summed E-state index contributed by atoms with van der Waals surface area (Å²) in [6, 6.07) is 13.8. The molecular weight excluding hydrogens is 589 g/mol. The first-order chi connectivity index (χ1) is 17.5. The van der Waals surface area contributed by atoms with Crippen LogP contribution in [-0.4, -0.2) is 34.8 Å². The molecule has 0 saturated heterocycles. The lowest BCUT2D eigenvalue weighted by molar-refractivity contribution is -0.122. The molecule has 0 aliphatic carbocycles. The van der Waals surface area contributed by atoms with E-state index in [2.05, 4.69) is 33.2 Å². The Morgan fingerprint density at radius 1 is 1.03 bits per heavy atom. The van der Waals surface area contributed by atoms with Crippen molar-refractivity contribution in [3.05, 3.63) is 97.6 Å². The minimum atomic E-state index is -1.01. The number of aliphatic hydroxyl groups excluding tert-OH is 1. The summed E-state index contributed by atoms with van der Waals surface area (Å²) in [6.45, 7) is 6.44. The summed E-state index contributed by atoms with van der Waals surface area (Å²) in [7, 11) is 0. The summed E-state index contributed by atoms with van der Waals surface area (Å²) in [5.41, 5.74) is 3.68. The van der Waals surface area contributed by atoms with Crippen molar-refractivity contribution in [3.63, 3.8) is 0 Å². The molecule has 0 radical (unpaired) electrons. The second-order valence-electron chi connectivity index (χ2n) is 9.65. The molecule has 4 N–H and O–H groups in total. The average Bonchev–Trinajstić information content (AvgIpc) is 2.79. The summed E-state index contributed by atoms with van der Waals surface area (Å²) >= 11 is 2.23. The van der Waals surface area contributed by atoms with Gasteiger partial charge in [0.15, 0.2) is 0 Å². The average molecular weight is 622 g/mol. The lowest BCUT2D eigenvalue weighted by atomic mass is 9.94. The molecule has 3 aromatic rings. The number of aliphatic hydroxyl groups is 1. The number of rotatable bonds is 11. The topological polar surface area (TPSA) is 81.6 Å². The van der Waals surface area contributed by atoms with E-state index in [-0.39, 0.29) is 37.0 Å². The maximum Gasteiger partial charge on any atom is 0.224 e. The highest BCUT2D eigenvalue weighted by molar-refractivity contribution is 14.1. The van der Waals surface area contributed by atoms with Crippen molar-refractivity contribution in [1.82, 2.24) is 10.6 Å². The molecular formula is C29H33F2IN2O3. The molecule has 2 atom stereocenters. The van der Waals surface area contributed by atoms with Crippen LogP contribution in [0.5, 0.6) is 5.75 Å². The third-order valence-corrected chi connectivity index (χ3v) is 6.89. The van der Waals surface area contributed by atoms with Crippen LogP contribution >= 0.6 is 22.6 Å². The van der Waals surface area contributed by atoms with Crippen molar-refractivity contribution in [3.8, 4) is 5.75 Å². The Labute approximate surface area is 230 Å². The molecule has 0 heterocycles. The molecule has 198 valence electrons. The van der Waals surface area contributed by atoms with Crippen molar-refractivity contribution < 1.29 is 23.8 Å². The van der Waals surface area contributed by atoms with Crippen molar-refractivity contribution >= 4 is 28.5 Å². The highest BCUT2D eigenvalue weighted by Crippen LogP contribution is 2.29. The summed E-state index contributed by atoms with van der Waals surface area (Å²) < 4.78 is 28.7. The fourth-order valence-electron chi connectivity index (χ4n) is 4.26. The van der Waals surface area contributed by atoms with Crippen LogP contribution in [0.2, 0.25) is 0 Å². The number of amides is 1. The van der Waals surface area contributed by atoms with Crippen molar-refractivity contribution in [2.45, 2.75) is 58.2 Å². The Kier molecular flexibility index (Phi) is 10.4.